The monoisotopic (exact) mass is 468 g/mol. The molecule has 0 unspecified atom stereocenters. The van der Waals surface area contributed by atoms with E-state index in [1.165, 1.54) is 0 Å². The highest BCUT2D eigenvalue weighted by atomic mass is 16.5. The molecule has 2 amide bonds. The number of amides is 2. The highest BCUT2D eigenvalue weighted by Crippen LogP contribution is 2.44. The molecule has 1 aliphatic carbocycles. The number of carbonyl (C=O) groups excluding carboxylic acids is 3. The smallest absolute Gasteiger partial charge is 0.407 e. The zero-order chi connectivity index (χ0) is 24.7. The van der Waals surface area contributed by atoms with Crippen LogP contribution in [0.3, 0.4) is 0 Å². The first-order chi connectivity index (χ1) is 16.3. The molecule has 0 spiro atoms. The summed E-state index contributed by atoms with van der Waals surface area (Å²) >= 11 is 0. The summed E-state index contributed by atoms with van der Waals surface area (Å²) in [5.74, 6) is -2.80. The van der Waals surface area contributed by atoms with Crippen LogP contribution in [0.25, 0.3) is 11.1 Å². The molecule has 0 fully saturated rings. The first kappa shape index (κ1) is 24.8. The van der Waals surface area contributed by atoms with E-state index >= 15 is 0 Å². The Labute approximate surface area is 197 Å². The zero-order valence-corrected chi connectivity index (χ0v) is 19.1. The van der Waals surface area contributed by atoms with Gasteiger partial charge in [0.15, 0.2) is 0 Å². The van der Waals surface area contributed by atoms with Crippen molar-refractivity contribution in [2.45, 2.75) is 44.2 Å². The van der Waals surface area contributed by atoms with Crippen molar-refractivity contribution in [2.75, 3.05) is 13.7 Å². The largest absolute Gasteiger partial charge is 0.480 e. The number of carboxylic acids is 1. The topological polar surface area (TPSA) is 131 Å². The third-order valence-corrected chi connectivity index (χ3v) is 5.82. The maximum atomic E-state index is 12.5. The van der Waals surface area contributed by atoms with Crippen molar-refractivity contribution in [1.29, 1.82) is 0 Å². The minimum atomic E-state index is -1.41. The van der Waals surface area contributed by atoms with Gasteiger partial charge in [0, 0.05) is 18.4 Å². The lowest BCUT2D eigenvalue weighted by Crippen LogP contribution is -2.45. The number of aliphatic carboxylic acids is 1. The number of carboxylic acid groups (broad SMARTS) is 1. The van der Waals surface area contributed by atoms with Crippen LogP contribution in [0.1, 0.15) is 43.2 Å². The number of ether oxygens (including phenoxy) is 2. The highest BCUT2D eigenvalue weighted by molar-refractivity contribution is 5.87. The van der Waals surface area contributed by atoms with E-state index in [0.29, 0.717) is 6.42 Å². The van der Waals surface area contributed by atoms with Crippen molar-refractivity contribution in [3.8, 4) is 11.1 Å². The fourth-order valence-electron chi connectivity index (χ4n) is 4.03. The maximum absolute atomic E-state index is 12.5. The Morgan fingerprint density at radius 1 is 0.941 bits per heavy atom. The molecule has 0 saturated heterocycles. The summed E-state index contributed by atoms with van der Waals surface area (Å²) in [6.07, 6.45) is -0.891. The second kappa shape index (κ2) is 11.3. The minimum absolute atomic E-state index is 0.0869. The number of hydrogen-bond acceptors (Lipinski definition) is 6. The molecule has 0 aromatic heterocycles. The van der Waals surface area contributed by atoms with E-state index in [4.69, 9.17) is 4.74 Å². The molecule has 3 rings (SSSR count). The van der Waals surface area contributed by atoms with Crippen LogP contribution in [0.5, 0.6) is 0 Å². The summed E-state index contributed by atoms with van der Waals surface area (Å²) in [5, 5.41) is 14.2. The third kappa shape index (κ3) is 5.92. The predicted molar refractivity (Wildman–Crippen MR) is 123 cm³/mol. The Morgan fingerprint density at radius 2 is 1.53 bits per heavy atom. The fraction of sp³-hybridized carbons (Fsp3) is 0.360. The van der Waals surface area contributed by atoms with Crippen LogP contribution in [0.4, 0.5) is 4.79 Å². The van der Waals surface area contributed by atoms with Gasteiger partial charge >= 0.3 is 18.0 Å². The first-order valence-corrected chi connectivity index (χ1v) is 11.0. The number of carbonyl (C=O) groups is 4. The molecule has 0 radical (unpaired) electrons. The van der Waals surface area contributed by atoms with Crippen LogP contribution < -0.4 is 10.6 Å². The molecule has 0 aliphatic heterocycles. The molecule has 180 valence electrons. The van der Waals surface area contributed by atoms with E-state index in [-0.39, 0.29) is 18.9 Å². The zero-order valence-electron chi connectivity index (χ0n) is 19.1. The Bertz CT molecular complexity index is 1020. The van der Waals surface area contributed by atoms with Gasteiger partial charge in [-0.15, -0.1) is 0 Å². The molecule has 34 heavy (non-hydrogen) atoms. The molecular weight excluding hydrogens is 440 g/mol. The van der Waals surface area contributed by atoms with Gasteiger partial charge < -0.3 is 25.2 Å². The van der Waals surface area contributed by atoms with Gasteiger partial charge in [0.1, 0.15) is 12.6 Å². The van der Waals surface area contributed by atoms with Crippen LogP contribution >= 0.6 is 0 Å². The van der Waals surface area contributed by atoms with Crippen LogP contribution in [-0.2, 0) is 23.9 Å². The van der Waals surface area contributed by atoms with Gasteiger partial charge in [0.05, 0.1) is 13.5 Å². The highest BCUT2D eigenvalue weighted by Gasteiger charge is 2.29. The molecular formula is C25H28N2O7. The summed E-state index contributed by atoms with van der Waals surface area (Å²) in [4.78, 5) is 47.4. The molecule has 3 N–H and O–H groups in total. The van der Waals surface area contributed by atoms with Crippen molar-refractivity contribution in [2.24, 2.45) is 0 Å². The van der Waals surface area contributed by atoms with Gasteiger partial charge in [-0.3, -0.25) is 9.59 Å². The summed E-state index contributed by atoms with van der Waals surface area (Å²) in [7, 11) is 1.13. The number of fused-ring (bicyclic) bond motifs is 3. The van der Waals surface area contributed by atoms with Gasteiger partial charge in [-0.25, -0.2) is 9.59 Å². The van der Waals surface area contributed by atoms with E-state index in [0.717, 1.165) is 29.4 Å². The second-order valence-electron chi connectivity index (χ2n) is 8.02. The Morgan fingerprint density at radius 3 is 2.06 bits per heavy atom. The second-order valence-corrected chi connectivity index (χ2v) is 8.02. The third-order valence-electron chi connectivity index (χ3n) is 5.82. The number of benzene rings is 2. The van der Waals surface area contributed by atoms with Gasteiger partial charge in [-0.05, 0) is 28.7 Å². The predicted octanol–water partition coefficient (Wildman–Crippen LogP) is 2.83. The van der Waals surface area contributed by atoms with E-state index in [9.17, 15) is 24.3 Å². The quantitative estimate of drug-likeness (QED) is 0.457. The van der Waals surface area contributed by atoms with Gasteiger partial charge in [0.25, 0.3) is 0 Å². The van der Waals surface area contributed by atoms with Gasteiger partial charge in [-0.1, -0.05) is 55.5 Å². The van der Waals surface area contributed by atoms with Crippen molar-refractivity contribution in [1.82, 2.24) is 10.6 Å². The van der Waals surface area contributed by atoms with Crippen molar-refractivity contribution < 1.29 is 33.8 Å². The van der Waals surface area contributed by atoms with E-state index in [1.54, 1.807) is 6.92 Å². The number of alkyl carbamates (subject to hydrolysis) is 1. The van der Waals surface area contributed by atoms with Crippen molar-refractivity contribution in [3.05, 3.63) is 59.7 Å². The lowest BCUT2D eigenvalue weighted by molar-refractivity contribution is -0.148. The number of nitrogens with one attached hydrogen (secondary N) is 2. The van der Waals surface area contributed by atoms with E-state index in [1.807, 2.05) is 48.5 Å². The van der Waals surface area contributed by atoms with Crippen LogP contribution in [-0.4, -0.2) is 54.8 Å². The Kier molecular flexibility index (Phi) is 8.24. The maximum Gasteiger partial charge on any atom is 0.407 e. The molecule has 9 nitrogen and oxygen atoms in total. The molecule has 2 aromatic carbocycles. The lowest BCUT2D eigenvalue weighted by atomic mass is 9.98. The van der Waals surface area contributed by atoms with Crippen LogP contribution in [0.15, 0.2) is 48.5 Å². The molecule has 0 bridgehead atoms. The average molecular weight is 469 g/mol. The summed E-state index contributed by atoms with van der Waals surface area (Å²) in [5.41, 5.74) is 4.42. The Hall–Kier alpha value is -3.88. The molecule has 2 aromatic rings. The Balaban J connectivity index is 1.55. The summed E-state index contributed by atoms with van der Waals surface area (Å²) < 4.78 is 9.96. The van der Waals surface area contributed by atoms with Gasteiger partial charge in [0.2, 0.25) is 5.91 Å². The number of esters is 1. The molecule has 0 saturated carbocycles. The van der Waals surface area contributed by atoms with Crippen LogP contribution in [0.2, 0.25) is 0 Å². The molecule has 1 aliphatic rings. The average Bonchev–Trinajstić information content (AvgIpc) is 3.15. The van der Waals surface area contributed by atoms with E-state index in [2.05, 4.69) is 15.4 Å². The SMILES string of the molecule is CC[C@@H](CC(=O)N[C@@H](CC(=O)OC)C(=O)O)NC(=O)OCC1c2ccccc2-c2ccccc21. The van der Waals surface area contributed by atoms with Crippen molar-refractivity contribution in [3.63, 3.8) is 0 Å². The normalized spacial score (nSPS) is 13.7. The number of hydrogen-bond donors (Lipinski definition) is 3. The lowest BCUT2D eigenvalue weighted by Gasteiger charge is -2.20. The molecule has 0 heterocycles. The van der Waals surface area contributed by atoms with Crippen LogP contribution in [0, 0.1) is 0 Å². The number of rotatable bonds is 10. The standard InChI is InChI=1S/C25H28N2O7/c1-3-15(12-22(28)27-21(24(30)31)13-23(29)33-2)26-25(32)34-14-20-18-10-6-4-8-16(18)17-9-5-7-11-19(17)20/h4-11,15,20-21H,3,12-14H2,1-2H3,(H,26,32)(H,27,28)(H,30,31)/t15-,21-/m0/s1. The minimum Gasteiger partial charge on any atom is -0.480 e. The van der Waals surface area contributed by atoms with Crippen molar-refractivity contribution >= 4 is 23.9 Å². The summed E-state index contributed by atoms with van der Waals surface area (Å²) in [6.45, 7) is 1.92. The molecule has 2 atom stereocenters. The first-order valence-electron chi connectivity index (χ1n) is 11.0. The fourth-order valence-corrected chi connectivity index (χ4v) is 4.03. The van der Waals surface area contributed by atoms with Gasteiger partial charge in [-0.2, -0.15) is 0 Å². The molecule has 9 heteroatoms. The summed E-state index contributed by atoms with van der Waals surface area (Å²) in [6, 6.07) is 14.0. The number of methoxy groups -OCH3 is 1. The van der Waals surface area contributed by atoms with E-state index < -0.39 is 42.4 Å².